The quantitative estimate of drug-likeness (QED) is 0.803. The summed E-state index contributed by atoms with van der Waals surface area (Å²) in [5.74, 6) is 0.775. The number of primary amides is 1. The summed E-state index contributed by atoms with van der Waals surface area (Å²) in [6.07, 6.45) is 1.11. The van der Waals surface area contributed by atoms with E-state index < -0.39 is 5.91 Å². The predicted octanol–water partition coefficient (Wildman–Crippen LogP) is 2.06. The van der Waals surface area contributed by atoms with Crippen molar-refractivity contribution in [2.75, 3.05) is 6.61 Å². The van der Waals surface area contributed by atoms with E-state index in [2.05, 4.69) is 13.8 Å². The molecule has 0 aliphatic heterocycles. The highest BCUT2D eigenvalue weighted by atomic mass is 16.5. The molecule has 15 heavy (non-hydrogen) atoms. The van der Waals surface area contributed by atoms with Crippen molar-refractivity contribution in [3.63, 3.8) is 0 Å². The van der Waals surface area contributed by atoms with Crippen LogP contribution in [0.25, 0.3) is 0 Å². The highest BCUT2D eigenvalue weighted by Gasteiger charge is 2.03. The third-order valence-electron chi connectivity index (χ3n) is 2.44. The van der Waals surface area contributed by atoms with Crippen molar-refractivity contribution in [3.05, 3.63) is 29.8 Å². The van der Waals surface area contributed by atoms with E-state index in [0.717, 1.165) is 6.42 Å². The monoisotopic (exact) mass is 207 g/mol. The van der Waals surface area contributed by atoms with Crippen molar-refractivity contribution in [1.29, 1.82) is 0 Å². The van der Waals surface area contributed by atoms with Gasteiger partial charge >= 0.3 is 0 Å². The molecule has 0 unspecified atom stereocenters. The highest BCUT2D eigenvalue weighted by Crippen LogP contribution is 2.21. The Kier molecular flexibility index (Phi) is 4.16. The standard InChI is InChI=1S/C12H17NO2/c1-3-9(2)10-4-6-11(7-5-10)15-8-12(13)14/h4-7,9H,3,8H2,1-2H3,(H2,13,14)/t9-/m0/s1. The summed E-state index contributed by atoms with van der Waals surface area (Å²) in [5, 5.41) is 0. The van der Waals surface area contributed by atoms with Crippen LogP contribution in [-0.2, 0) is 4.79 Å². The lowest BCUT2D eigenvalue weighted by atomic mass is 9.99. The summed E-state index contributed by atoms with van der Waals surface area (Å²) in [6.45, 7) is 4.27. The first-order valence-corrected chi connectivity index (χ1v) is 5.14. The highest BCUT2D eigenvalue weighted by molar-refractivity contribution is 5.75. The molecule has 0 spiro atoms. The topological polar surface area (TPSA) is 52.3 Å². The molecule has 3 nitrogen and oxygen atoms in total. The third-order valence-corrected chi connectivity index (χ3v) is 2.44. The molecule has 0 aliphatic carbocycles. The van der Waals surface area contributed by atoms with Crippen molar-refractivity contribution in [2.45, 2.75) is 26.2 Å². The zero-order valence-electron chi connectivity index (χ0n) is 9.19. The molecule has 3 heteroatoms. The van der Waals surface area contributed by atoms with Crippen molar-refractivity contribution in [1.82, 2.24) is 0 Å². The van der Waals surface area contributed by atoms with Crippen LogP contribution in [0.4, 0.5) is 0 Å². The summed E-state index contributed by atoms with van der Waals surface area (Å²) >= 11 is 0. The van der Waals surface area contributed by atoms with Gasteiger partial charge in [0.25, 0.3) is 5.91 Å². The molecule has 0 saturated carbocycles. The predicted molar refractivity (Wildman–Crippen MR) is 59.8 cm³/mol. The molecule has 0 fully saturated rings. The van der Waals surface area contributed by atoms with Crippen LogP contribution in [0, 0.1) is 0 Å². The van der Waals surface area contributed by atoms with Crippen molar-refractivity contribution in [3.8, 4) is 5.75 Å². The zero-order chi connectivity index (χ0) is 11.3. The number of hydrogen-bond donors (Lipinski definition) is 1. The molecule has 1 amide bonds. The summed E-state index contributed by atoms with van der Waals surface area (Å²) in [5.41, 5.74) is 6.26. The molecule has 0 bridgehead atoms. The number of carbonyl (C=O) groups excluding carboxylic acids is 1. The zero-order valence-corrected chi connectivity index (χ0v) is 9.19. The van der Waals surface area contributed by atoms with E-state index in [9.17, 15) is 4.79 Å². The van der Waals surface area contributed by atoms with Crippen LogP contribution in [0.1, 0.15) is 31.7 Å². The van der Waals surface area contributed by atoms with Crippen LogP contribution in [0.3, 0.4) is 0 Å². The van der Waals surface area contributed by atoms with Crippen LogP contribution >= 0.6 is 0 Å². The first-order valence-electron chi connectivity index (χ1n) is 5.14. The number of benzene rings is 1. The van der Waals surface area contributed by atoms with Gasteiger partial charge in [0.2, 0.25) is 0 Å². The molecule has 2 N–H and O–H groups in total. The lowest BCUT2D eigenvalue weighted by molar-refractivity contribution is -0.119. The van der Waals surface area contributed by atoms with Crippen LogP contribution in [0.2, 0.25) is 0 Å². The smallest absolute Gasteiger partial charge is 0.255 e. The Bertz CT molecular complexity index is 319. The van der Waals surface area contributed by atoms with Gasteiger partial charge in [-0.2, -0.15) is 0 Å². The molecule has 0 aliphatic rings. The molecule has 1 aromatic carbocycles. The van der Waals surface area contributed by atoms with Crippen LogP contribution in [0.15, 0.2) is 24.3 Å². The number of amides is 1. The first kappa shape index (κ1) is 11.6. The fraction of sp³-hybridized carbons (Fsp3) is 0.417. The molecule has 1 aromatic rings. The van der Waals surface area contributed by atoms with E-state index >= 15 is 0 Å². The number of ether oxygens (including phenoxy) is 1. The van der Waals surface area contributed by atoms with E-state index in [1.165, 1.54) is 5.56 Å². The number of carbonyl (C=O) groups is 1. The summed E-state index contributed by atoms with van der Waals surface area (Å²) in [4.78, 5) is 10.5. The fourth-order valence-corrected chi connectivity index (χ4v) is 1.28. The second kappa shape index (κ2) is 5.39. The van der Waals surface area contributed by atoms with E-state index in [1.807, 2.05) is 24.3 Å². The van der Waals surface area contributed by atoms with Crippen molar-refractivity contribution in [2.24, 2.45) is 5.73 Å². The Morgan fingerprint density at radius 3 is 2.47 bits per heavy atom. The maximum Gasteiger partial charge on any atom is 0.255 e. The normalized spacial score (nSPS) is 12.1. The Balaban J connectivity index is 2.60. The van der Waals surface area contributed by atoms with E-state index in [1.54, 1.807) is 0 Å². The summed E-state index contributed by atoms with van der Waals surface area (Å²) < 4.78 is 5.16. The SMILES string of the molecule is CC[C@H](C)c1ccc(OCC(N)=O)cc1. The van der Waals surface area contributed by atoms with Crippen LogP contribution in [0.5, 0.6) is 5.75 Å². The number of nitrogens with two attached hydrogens (primary N) is 1. The van der Waals surface area contributed by atoms with Gasteiger partial charge in [0, 0.05) is 0 Å². The minimum atomic E-state index is -0.457. The second-order valence-electron chi connectivity index (χ2n) is 3.63. The average Bonchev–Trinajstić information content (AvgIpc) is 2.26. The van der Waals surface area contributed by atoms with E-state index in [4.69, 9.17) is 10.5 Å². The number of rotatable bonds is 5. The third kappa shape index (κ3) is 3.62. The Labute approximate surface area is 90.2 Å². The van der Waals surface area contributed by atoms with Gasteiger partial charge in [-0.25, -0.2) is 0 Å². The minimum absolute atomic E-state index is 0.0668. The van der Waals surface area contributed by atoms with E-state index in [0.29, 0.717) is 11.7 Å². The molecule has 0 heterocycles. The fourth-order valence-electron chi connectivity index (χ4n) is 1.28. The van der Waals surface area contributed by atoms with Gasteiger partial charge in [-0.3, -0.25) is 4.79 Å². The minimum Gasteiger partial charge on any atom is -0.484 e. The molecule has 0 radical (unpaired) electrons. The lowest BCUT2D eigenvalue weighted by Gasteiger charge is -2.09. The van der Waals surface area contributed by atoms with Gasteiger partial charge in [-0.15, -0.1) is 0 Å². The molecule has 82 valence electrons. The van der Waals surface area contributed by atoms with Gasteiger partial charge in [-0.05, 0) is 30.0 Å². The largest absolute Gasteiger partial charge is 0.484 e. The summed E-state index contributed by atoms with van der Waals surface area (Å²) in [6, 6.07) is 7.77. The maximum atomic E-state index is 10.5. The van der Waals surface area contributed by atoms with Gasteiger partial charge in [0.05, 0.1) is 0 Å². The molecular formula is C12H17NO2. The molecular weight excluding hydrogens is 190 g/mol. The Morgan fingerprint density at radius 2 is 2.00 bits per heavy atom. The van der Waals surface area contributed by atoms with Gasteiger partial charge in [-0.1, -0.05) is 26.0 Å². The Morgan fingerprint density at radius 1 is 1.40 bits per heavy atom. The molecule has 1 rings (SSSR count). The second-order valence-corrected chi connectivity index (χ2v) is 3.63. The maximum absolute atomic E-state index is 10.5. The van der Waals surface area contributed by atoms with Gasteiger partial charge in [0.15, 0.2) is 6.61 Å². The van der Waals surface area contributed by atoms with Crippen LogP contribution < -0.4 is 10.5 Å². The number of hydrogen-bond acceptors (Lipinski definition) is 2. The lowest BCUT2D eigenvalue weighted by Crippen LogP contribution is -2.19. The molecule has 1 atom stereocenters. The van der Waals surface area contributed by atoms with Gasteiger partial charge < -0.3 is 10.5 Å². The average molecular weight is 207 g/mol. The molecule has 0 aromatic heterocycles. The Hall–Kier alpha value is -1.51. The first-order chi connectivity index (χ1) is 7.13. The molecule has 0 saturated heterocycles. The van der Waals surface area contributed by atoms with Gasteiger partial charge in [0.1, 0.15) is 5.75 Å². The van der Waals surface area contributed by atoms with Crippen LogP contribution in [-0.4, -0.2) is 12.5 Å². The van der Waals surface area contributed by atoms with Crippen molar-refractivity contribution < 1.29 is 9.53 Å². The summed E-state index contributed by atoms with van der Waals surface area (Å²) in [7, 11) is 0. The van der Waals surface area contributed by atoms with E-state index in [-0.39, 0.29) is 6.61 Å². The van der Waals surface area contributed by atoms with Crippen molar-refractivity contribution >= 4 is 5.91 Å².